The van der Waals surface area contributed by atoms with Crippen molar-refractivity contribution in [1.82, 2.24) is 20.1 Å². The predicted molar refractivity (Wildman–Crippen MR) is 112 cm³/mol. The first-order chi connectivity index (χ1) is 14.1. The van der Waals surface area contributed by atoms with Gasteiger partial charge in [-0.1, -0.05) is 49.2 Å². The summed E-state index contributed by atoms with van der Waals surface area (Å²) in [5, 5.41) is 11.8. The van der Waals surface area contributed by atoms with Crippen molar-refractivity contribution in [2.75, 3.05) is 12.9 Å². The van der Waals surface area contributed by atoms with Crippen molar-refractivity contribution in [3.8, 4) is 5.75 Å². The number of carbonyl (C=O) groups excluding carboxylic acids is 2. The average molecular weight is 415 g/mol. The van der Waals surface area contributed by atoms with Crippen LogP contribution in [-0.2, 0) is 11.3 Å². The van der Waals surface area contributed by atoms with E-state index in [4.69, 9.17) is 4.74 Å². The molecule has 0 bridgehead atoms. The molecule has 1 aliphatic carbocycles. The van der Waals surface area contributed by atoms with Crippen molar-refractivity contribution in [1.29, 1.82) is 0 Å². The van der Waals surface area contributed by atoms with E-state index in [1.165, 1.54) is 38.1 Å². The van der Waals surface area contributed by atoms with Gasteiger partial charge in [0.1, 0.15) is 11.6 Å². The number of rotatable bonds is 8. The van der Waals surface area contributed by atoms with Gasteiger partial charge in [-0.05, 0) is 25.0 Å². The largest absolute Gasteiger partial charge is 0.496 e. The molecule has 0 spiro atoms. The molecule has 29 heavy (non-hydrogen) atoms. The quantitative estimate of drug-likeness (QED) is 0.525. The van der Waals surface area contributed by atoms with Gasteiger partial charge >= 0.3 is 0 Å². The summed E-state index contributed by atoms with van der Waals surface area (Å²) >= 11 is 1.27. The molecule has 2 aromatic rings. The fourth-order valence-corrected chi connectivity index (χ4v) is 4.32. The Labute approximate surface area is 174 Å². The second-order valence-corrected chi connectivity index (χ2v) is 7.88. The highest BCUT2D eigenvalue weighted by Gasteiger charge is 2.23. The first-order valence-electron chi connectivity index (χ1n) is 9.78. The van der Waals surface area contributed by atoms with Gasteiger partial charge in [0.15, 0.2) is 5.16 Å². The number of nitrogens with zero attached hydrogens (tertiary/aromatic N) is 3. The number of aromatic nitrogens is 3. The van der Waals surface area contributed by atoms with Crippen molar-refractivity contribution >= 4 is 23.6 Å². The number of methoxy groups -OCH3 is 1. The highest BCUT2D eigenvalue weighted by molar-refractivity contribution is 7.99. The van der Waals surface area contributed by atoms with Crippen LogP contribution in [0.3, 0.4) is 0 Å². The molecule has 1 aliphatic rings. The summed E-state index contributed by atoms with van der Waals surface area (Å²) in [6.07, 6.45) is 7.74. The first-order valence-corrected chi connectivity index (χ1v) is 10.8. The number of hydrogen-bond acceptors (Lipinski definition) is 6. The van der Waals surface area contributed by atoms with E-state index in [0.717, 1.165) is 18.7 Å². The minimum atomic E-state index is -0.483. The Morgan fingerprint density at radius 3 is 2.76 bits per heavy atom. The summed E-state index contributed by atoms with van der Waals surface area (Å²) < 4.78 is 7.20. The lowest BCUT2D eigenvalue weighted by atomic mass is 9.89. The van der Waals surface area contributed by atoms with Crippen molar-refractivity contribution < 1.29 is 14.3 Å². The predicted octanol–water partition coefficient (Wildman–Crippen LogP) is 3.57. The molecule has 1 heterocycles. The molecule has 0 atom stereocenters. The number of benzene rings is 1. The molecule has 1 N–H and O–H groups in total. The second-order valence-electron chi connectivity index (χ2n) is 6.94. The molecule has 2 amide bonds. The molecular formula is C21H26N4O3S. The molecular weight excluding hydrogens is 388 g/mol. The molecule has 0 saturated heterocycles. The Balaban J connectivity index is 1.63. The number of allylic oxidation sites excluding steroid dienone is 1. The maximum Gasteiger partial charge on any atom is 0.261 e. The van der Waals surface area contributed by atoms with E-state index in [-0.39, 0.29) is 5.75 Å². The van der Waals surface area contributed by atoms with Crippen molar-refractivity contribution in [2.24, 2.45) is 0 Å². The third-order valence-corrected chi connectivity index (χ3v) is 5.93. The van der Waals surface area contributed by atoms with E-state index >= 15 is 0 Å². The number of carbonyl (C=O) groups is 2. The van der Waals surface area contributed by atoms with Crippen LogP contribution >= 0.6 is 11.8 Å². The van der Waals surface area contributed by atoms with E-state index in [1.807, 2.05) is 10.6 Å². The van der Waals surface area contributed by atoms with Crippen molar-refractivity contribution in [3.05, 3.63) is 48.3 Å². The molecule has 1 saturated carbocycles. The lowest BCUT2D eigenvalue weighted by molar-refractivity contribution is -0.117. The number of thioether (sulfide) groups is 1. The van der Waals surface area contributed by atoms with Crippen LogP contribution in [0.2, 0.25) is 0 Å². The van der Waals surface area contributed by atoms with Gasteiger partial charge in [0.2, 0.25) is 5.91 Å². The Hall–Kier alpha value is -2.61. The van der Waals surface area contributed by atoms with Crippen LogP contribution < -0.4 is 10.1 Å². The zero-order chi connectivity index (χ0) is 20.6. The molecule has 0 unspecified atom stereocenters. The summed E-state index contributed by atoms with van der Waals surface area (Å²) in [6, 6.07) is 6.79. The van der Waals surface area contributed by atoms with E-state index in [0.29, 0.717) is 28.9 Å². The Morgan fingerprint density at radius 2 is 2.03 bits per heavy atom. The SMILES string of the molecule is C=CCn1c(SCC(=O)NC(=O)c2ccccc2OC)nnc1C1CCCCC1. The maximum atomic E-state index is 12.4. The third-order valence-electron chi connectivity index (χ3n) is 4.96. The number of para-hydroxylation sites is 1. The molecule has 0 aliphatic heterocycles. The van der Waals surface area contributed by atoms with Gasteiger partial charge in [-0.25, -0.2) is 0 Å². The summed E-state index contributed by atoms with van der Waals surface area (Å²) in [6.45, 7) is 4.43. The molecule has 7 nitrogen and oxygen atoms in total. The number of nitrogens with one attached hydrogen (secondary N) is 1. The van der Waals surface area contributed by atoms with Gasteiger partial charge in [0, 0.05) is 12.5 Å². The lowest BCUT2D eigenvalue weighted by Crippen LogP contribution is -2.32. The topological polar surface area (TPSA) is 86.1 Å². The number of hydrogen-bond donors (Lipinski definition) is 1. The number of amides is 2. The minimum Gasteiger partial charge on any atom is -0.496 e. The van der Waals surface area contributed by atoms with Crippen LogP contribution in [0.15, 0.2) is 42.1 Å². The van der Waals surface area contributed by atoms with Crippen LogP contribution in [0, 0.1) is 0 Å². The zero-order valence-corrected chi connectivity index (χ0v) is 17.4. The van der Waals surface area contributed by atoms with Gasteiger partial charge in [-0.2, -0.15) is 0 Å². The van der Waals surface area contributed by atoms with E-state index in [9.17, 15) is 9.59 Å². The van der Waals surface area contributed by atoms with E-state index < -0.39 is 11.8 Å². The second kappa shape index (κ2) is 10.2. The molecule has 154 valence electrons. The van der Waals surface area contributed by atoms with Crippen LogP contribution in [0.4, 0.5) is 0 Å². The van der Waals surface area contributed by atoms with Crippen LogP contribution in [0.25, 0.3) is 0 Å². The van der Waals surface area contributed by atoms with Crippen LogP contribution in [-0.4, -0.2) is 39.4 Å². The van der Waals surface area contributed by atoms with E-state index in [2.05, 4.69) is 22.1 Å². The van der Waals surface area contributed by atoms with Crippen LogP contribution in [0.5, 0.6) is 5.75 Å². The molecule has 3 rings (SSSR count). The summed E-state index contributed by atoms with van der Waals surface area (Å²) in [5.41, 5.74) is 0.322. The van der Waals surface area contributed by atoms with Gasteiger partial charge in [-0.15, -0.1) is 16.8 Å². The number of ether oxygens (including phenoxy) is 1. The third kappa shape index (κ3) is 5.26. The van der Waals surface area contributed by atoms with Gasteiger partial charge in [-0.3, -0.25) is 14.9 Å². The normalized spacial score (nSPS) is 14.4. The first kappa shape index (κ1) is 21.1. The number of imide groups is 1. The highest BCUT2D eigenvalue weighted by atomic mass is 32.2. The molecule has 1 aromatic carbocycles. The molecule has 8 heteroatoms. The molecule has 1 fully saturated rings. The Kier molecular flexibility index (Phi) is 7.46. The Bertz CT molecular complexity index is 875. The van der Waals surface area contributed by atoms with Gasteiger partial charge in [0.05, 0.1) is 18.4 Å². The summed E-state index contributed by atoms with van der Waals surface area (Å²) in [5.74, 6) is 1.00. The lowest BCUT2D eigenvalue weighted by Gasteiger charge is -2.21. The van der Waals surface area contributed by atoms with Gasteiger partial charge in [0.25, 0.3) is 5.91 Å². The zero-order valence-electron chi connectivity index (χ0n) is 16.6. The monoisotopic (exact) mass is 414 g/mol. The molecule has 0 radical (unpaired) electrons. The Morgan fingerprint density at radius 1 is 1.28 bits per heavy atom. The average Bonchev–Trinajstić information content (AvgIpc) is 3.15. The smallest absolute Gasteiger partial charge is 0.261 e. The van der Waals surface area contributed by atoms with Crippen LogP contribution in [0.1, 0.15) is 54.2 Å². The standard InChI is InChI=1S/C21H26N4O3S/c1-3-13-25-19(15-9-5-4-6-10-15)23-24-21(25)29-14-18(26)22-20(27)16-11-7-8-12-17(16)28-2/h3,7-8,11-12,15H,1,4-6,9-10,13-14H2,2H3,(H,22,26,27). The van der Waals surface area contributed by atoms with Crippen molar-refractivity contribution in [3.63, 3.8) is 0 Å². The van der Waals surface area contributed by atoms with E-state index in [1.54, 1.807) is 24.3 Å². The minimum absolute atomic E-state index is 0.0703. The summed E-state index contributed by atoms with van der Waals surface area (Å²) in [7, 11) is 1.49. The molecule has 1 aromatic heterocycles. The summed E-state index contributed by atoms with van der Waals surface area (Å²) in [4.78, 5) is 24.7. The van der Waals surface area contributed by atoms with Crippen molar-refractivity contribution in [2.45, 2.75) is 49.7 Å². The maximum absolute atomic E-state index is 12.4. The van der Waals surface area contributed by atoms with Gasteiger partial charge < -0.3 is 9.30 Å². The fourth-order valence-electron chi connectivity index (χ4n) is 3.56. The highest BCUT2D eigenvalue weighted by Crippen LogP contribution is 2.33. The fraction of sp³-hybridized carbons (Fsp3) is 0.429.